The molecule has 0 aromatic heterocycles. The Balaban J connectivity index is 1.92. The highest BCUT2D eigenvalue weighted by atomic mass is 35.5. The van der Waals surface area contributed by atoms with Crippen LogP contribution in [0.25, 0.3) is 6.08 Å². The molecule has 2 aliphatic rings. The maximum absolute atomic E-state index is 12.4. The number of nitrogens with one attached hydrogen (secondary N) is 1. The predicted octanol–water partition coefficient (Wildman–Crippen LogP) is 3.40. The van der Waals surface area contributed by atoms with Crippen LogP contribution >= 0.6 is 35.3 Å². The summed E-state index contributed by atoms with van der Waals surface area (Å²) in [4.78, 5) is 17.9. The SMILES string of the molecule is CC(C)SC1=NSC2=NC(=O)/C(=C\c3ccc(OS(C)(=O)=O)c(Cl)c3)C(=N)N21. The number of thioether (sulfide) groups is 1. The number of benzene rings is 1. The van der Waals surface area contributed by atoms with Gasteiger partial charge in [0.1, 0.15) is 5.84 Å². The summed E-state index contributed by atoms with van der Waals surface area (Å²) in [5.41, 5.74) is 0.579. The normalized spacial score (nSPS) is 18.5. The zero-order valence-corrected chi connectivity index (χ0v) is 18.2. The largest absolute Gasteiger partial charge is 0.381 e. The van der Waals surface area contributed by atoms with Crippen molar-refractivity contribution in [3.63, 3.8) is 0 Å². The van der Waals surface area contributed by atoms with Crippen molar-refractivity contribution in [1.29, 1.82) is 5.41 Å². The van der Waals surface area contributed by atoms with E-state index in [4.69, 9.17) is 21.2 Å². The molecule has 1 N–H and O–H groups in total. The molecule has 0 atom stereocenters. The minimum absolute atomic E-state index is 0.0182. The minimum atomic E-state index is -3.71. The van der Waals surface area contributed by atoms with Gasteiger partial charge in [-0.2, -0.15) is 17.8 Å². The fourth-order valence-corrected chi connectivity index (χ4v) is 4.71. The highest BCUT2D eigenvalue weighted by Crippen LogP contribution is 2.34. The van der Waals surface area contributed by atoms with E-state index in [1.54, 1.807) is 0 Å². The van der Waals surface area contributed by atoms with Crippen molar-refractivity contribution >= 4 is 73.6 Å². The van der Waals surface area contributed by atoms with Crippen molar-refractivity contribution in [2.45, 2.75) is 19.1 Å². The first-order valence-electron chi connectivity index (χ1n) is 7.89. The molecule has 2 heterocycles. The summed E-state index contributed by atoms with van der Waals surface area (Å²) < 4.78 is 31.6. The second-order valence-corrected chi connectivity index (χ2v) is 10.3. The molecule has 1 amide bonds. The Morgan fingerprint density at radius 2 is 2.11 bits per heavy atom. The molecule has 0 bridgehead atoms. The minimum Gasteiger partial charge on any atom is -0.381 e. The van der Waals surface area contributed by atoms with Crippen LogP contribution in [0, 0.1) is 5.41 Å². The van der Waals surface area contributed by atoms with Crippen LogP contribution in [0.5, 0.6) is 5.75 Å². The molecule has 0 fully saturated rings. The zero-order valence-electron chi connectivity index (χ0n) is 15.0. The van der Waals surface area contributed by atoms with Crippen LogP contribution in [-0.4, -0.2) is 46.9 Å². The second-order valence-electron chi connectivity index (χ2n) is 6.05. The fraction of sp³-hybridized carbons (Fsp3) is 0.250. The standard InChI is InChI=1S/C16H15ClN4O4S3/c1-8(2)26-16-20-27-15-19-14(22)10(13(18)21(15)16)6-9-4-5-12(11(17)7-9)25-28(3,23)24/h4-8,18H,1-3H3/b10-6-,18-13?. The van der Waals surface area contributed by atoms with Crippen LogP contribution in [-0.2, 0) is 14.9 Å². The molecule has 0 aliphatic carbocycles. The summed E-state index contributed by atoms with van der Waals surface area (Å²) in [6.07, 6.45) is 2.39. The van der Waals surface area contributed by atoms with Gasteiger partial charge in [0.25, 0.3) is 5.91 Å². The summed E-state index contributed by atoms with van der Waals surface area (Å²) in [6.45, 7) is 4.01. The molecule has 1 aromatic rings. The maximum Gasteiger partial charge on any atom is 0.306 e. The average molecular weight is 459 g/mol. The van der Waals surface area contributed by atoms with Crippen molar-refractivity contribution in [1.82, 2.24) is 4.90 Å². The van der Waals surface area contributed by atoms with Crippen LogP contribution in [0.2, 0.25) is 5.02 Å². The van der Waals surface area contributed by atoms with Crippen LogP contribution in [0.3, 0.4) is 0 Å². The number of rotatable bonds is 4. The summed E-state index contributed by atoms with van der Waals surface area (Å²) in [6, 6.07) is 4.37. The van der Waals surface area contributed by atoms with E-state index in [2.05, 4.69) is 9.39 Å². The summed E-state index contributed by atoms with van der Waals surface area (Å²) >= 11 is 8.61. The van der Waals surface area contributed by atoms with Gasteiger partial charge in [-0.05, 0) is 23.8 Å². The van der Waals surface area contributed by atoms with Gasteiger partial charge < -0.3 is 4.18 Å². The van der Waals surface area contributed by atoms with Crippen molar-refractivity contribution in [2.24, 2.45) is 9.39 Å². The number of nitrogens with zero attached hydrogens (tertiary/aromatic N) is 3. The molecule has 2 aliphatic heterocycles. The summed E-state index contributed by atoms with van der Waals surface area (Å²) in [5, 5.41) is 9.71. The molecular formula is C16H15ClN4O4S3. The van der Waals surface area contributed by atoms with Gasteiger partial charge in [0, 0.05) is 5.25 Å². The first kappa shape index (κ1) is 20.9. The molecule has 12 heteroatoms. The topological polar surface area (TPSA) is 112 Å². The highest BCUT2D eigenvalue weighted by Gasteiger charge is 2.37. The summed E-state index contributed by atoms with van der Waals surface area (Å²) in [5.74, 6) is -0.600. The molecule has 1 aromatic carbocycles. The highest BCUT2D eigenvalue weighted by molar-refractivity contribution is 8.19. The molecule has 0 radical (unpaired) electrons. The van der Waals surface area contributed by atoms with Crippen LogP contribution in [0.15, 0.2) is 33.2 Å². The number of hydrogen-bond donors (Lipinski definition) is 1. The van der Waals surface area contributed by atoms with Gasteiger partial charge in [0.05, 0.1) is 28.8 Å². The van der Waals surface area contributed by atoms with Gasteiger partial charge in [0.15, 0.2) is 10.9 Å². The van der Waals surface area contributed by atoms with Crippen molar-refractivity contribution in [2.75, 3.05) is 6.26 Å². The molecular weight excluding hydrogens is 444 g/mol. The monoisotopic (exact) mass is 458 g/mol. The fourth-order valence-electron chi connectivity index (χ4n) is 2.29. The van der Waals surface area contributed by atoms with E-state index in [0.29, 0.717) is 15.9 Å². The number of hydrogen-bond acceptors (Lipinski definition) is 8. The zero-order chi connectivity index (χ0) is 20.6. The lowest BCUT2D eigenvalue weighted by molar-refractivity contribution is -0.114. The number of halogens is 1. The molecule has 0 spiro atoms. The Labute approximate surface area is 175 Å². The van der Waals surface area contributed by atoms with Gasteiger partial charge in [-0.3, -0.25) is 10.2 Å². The Bertz CT molecular complexity index is 1060. The quantitative estimate of drug-likeness (QED) is 0.418. The Hall–Kier alpha value is -1.82. The number of amides is 1. The van der Waals surface area contributed by atoms with E-state index < -0.39 is 16.0 Å². The molecule has 0 saturated carbocycles. The van der Waals surface area contributed by atoms with E-state index in [9.17, 15) is 13.2 Å². The number of aliphatic imine (C=N–C) groups is 1. The molecule has 0 unspecified atom stereocenters. The molecule has 3 rings (SSSR count). The van der Waals surface area contributed by atoms with Crippen molar-refractivity contribution < 1.29 is 17.4 Å². The first-order valence-corrected chi connectivity index (χ1v) is 11.7. The molecule has 28 heavy (non-hydrogen) atoms. The van der Waals surface area contributed by atoms with Crippen molar-refractivity contribution in [3.05, 3.63) is 34.4 Å². The number of fused-ring (bicyclic) bond motifs is 1. The lowest BCUT2D eigenvalue weighted by atomic mass is 10.1. The Kier molecular flexibility index (Phi) is 5.89. The predicted molar refractivity (Wildman–Crippen MR) is 115 cm³/mol. The maximum atomic E-state index is 12.4. The molecule has 0 saturated heterocycles. The Morgan fingerprint density at radius 1 is 1.39 bits per heavy atom. The van der Waals surface area contributed by atoms with Gasteiger partial charge in [-0.25, -0.2) is 4.90 Å². The van der Waals surface area contributed by atoms with Crippen LogP contribution < -0.4 is 4.18 Å². The van der Waals surface area contributed by atoms with E-state index in [1.807, 2.05) is 13.8 Å². The third-order valence-corrected chi connectivity index (χ3v) is 5.89. The smallest absolute Gasteiger partial charge is 0.306 e. The summed E-state index contributed by atoms with van der Waals surface area (Å²) in [7, 11) is -3.71. The lowest BCUT2D eigenvalue weighted by Gasteiger charge is -2.25. The number of carbonyl (C=O) groups excluding carboxylic acids is 1. The Morgan fingerprint density at radius 3 is 2.71 bits per heavy atom. The third-order valence-electron chi connectivity index (χ3n) is 3.34. The molecule has 148 valence electrons. The van der Waals surface area contributed by atoms with Gasteiger partial charge in [-0.1, -0.05) is 43.3 Å². The molecule has 8 nitrogen and oxygen atoms in total. The number of carbonyl (C=O) groups is 1. The van der Waals surface area contributed by atoms with E-state index >= 15 is 0 Å². The van der Waals surface area contributed by atoms with Crippen molar-refractivity contribution in [3.8, 4) is 5.75 Å². The van der Waals surface area contributed by atoms with E-state index in [-0.39, 0.29) is 27.4 Å². The van der Waals surface area contributed by atoms with Crippen LogP contribution in [0.4, 0.5) is 0 Å². The number of amidine groups is 3. The van der Waals surface area contributed by atoms with Gasteiger partial charge in [-0.15, -0.1) is 0 Å². The second kappa shape index (κ2) is 7.90. The average Bonchev–Trinajstić information content (AvgIpc) is 2.94. The lowest BCUT2D eigenvalue weighted by Crippen LogP contribution is -2.41. The van der Waals surface area contributed by atoms with Crippen LogP contribution in [0.1, 0.15) is 19.4 Å². The van der Waals surface area contributed by atoms with Gasteiger partial charge in [0.2, 0.25) is 5.17 Å². The van der Waals surface area contributed by atoms with Gasteiger partial charge >= 0.3 is 10.1 Å². The van der Waals surface area contributed by atoms with E-state index in [0.717, 1.165) is 18.2 Å². The third kappa shape index (κ3) is 4.59. The first-order chi connectivity index (χ1) is 13.0. The van der Waals surface area contributed by atoms with E-state index in [1.165, 1.54) is 40.9 Å².